The molecular formula is C12H12N2O6. The van der Waals surface area contributed by atoms with Crippen LogP contribution in [0.5, 0.6) is 0 Å². The second-order valence-electron chi connectivity index (χ2n) is 4.40. The molecule has 8 heteroatoms. The summed E-state index contributed by atoms with van der Waals surface area (Å²) in [6.45, 7) is 0.779. The van der Waals surface area contributed by atoms with Crippen LogP contribution in [-0.4, -0.2) is 53.1 Å². The maximum Gasteiger partial charge on any atom is 0.335 e. The number of carbonyl (C=O) groups is 2. The van der Waals surface area contributed by atoms with E-state index in [0.29, 0.717) is 13.1 Å². The number of non-ortho nitro benzene ring substituents is 1. The van der Waals surface area contributed by atoms with Crippen LogP contribution in [0, 0.1) is 10.1 Å². The molecule has 1 aromatic rings. The number of likely N-dealkylation sites (tertiary alicyclic amines) is 1. The number of nitro groups is 1. The predicted molar refractivity (Wildman–Crippen MR) is 66.8 cm³/mol. The summed E-state index contributed by atoms with van der Waals surface area (Å²) in [5.74, 6) is -1.76. The zero-order chi connectivity index (χ0) is 14.9. The molecule has 20 heavy (non-hydrogen) atoms. The number of methoxy groups -OCH3 is 1. The van der Waals surface area contributed by atoms with Crippen LogP contribution in [0.25, 0.3) is 0 Å². The maximum atomic E-state index is 12.1. The number of carboxylic acids is 1. The first kappa shape index (κ1) is 13.9. The second-order valence-corrected chi connectivity index (χ2v) is 4.40. The van der Waals surface area contributed by atoms with Gasteiger partial charge in [0.1, 0.15) is 0 Å². The van der Waals surface area contributed by atoms with E-state index in [1.165, 1.54) is 12.0 Å². The SMILES string of the molecule is COC1CN(C(=O)c2cc(C(=O)O)cc([N+](=O)[O-])c2)C1. The molecule has 1 aromatic carbocycles. The fourth-order valence-corrected chi connectivity index (χ4v) is 1.90. The molecule has 0 bridgehead atoms. The van der Waals surface area contributed by atoms with Gasteiger partial charge >= 0.3 is 5.97 Å². The molecule has 1 amide bonds. The van der Waals surface area contributed by atoms with Crippen LogP contribution >= 0.6 is 0 Å². The minimum absolute atomic E-state index is 0.00819. The van der Waals surface area contributed by atoms with Gasteiger partial charge in [0.15, 0.2) is 0 Å². The Bertz CT molecular complexity index is 547. The van der Waals surface area contributed by atoms with E-state index in [9.17, 15) is 19.7 Å². The van der Waals surface area contributed by atoms with Crippen molar-refractivity contribution < 1.29 is 24.4 Å². The summed E-state index contributed by atoms with van der Waals surface area (Å²) in [6.07, 6.45) is -0.0448. The van der Waals surface area contributed by atoms with E-state index in [-0.39, 0.29) is 17.2 Å². The Morgan fingerprint density at radius 3 is 2.45 bits per heavy atom. The van der Waals surface area contributed by atoms with Crippen molar-refractivity contribution in [3.8, 4) is 0 Å². The number of rotatable bonds is 4. The third kappa shape index (κ3) is 2.59. The van der Waals surface area contributed by atoms with Crippen LogP contribution in [0.15, 0.2) is 18.2 Å². The molecule has 1 aliphatic heterocycles. The summed E-state index contributed by atoms with van der Waals surface area (Å²) < 4.78 is 5.03. The van der Waals surface area contributed by atoms with Crippen molar-refractivity contribution in [1.82, 2.24) is 4.90 Å². The Labute approximate surface area is 113 Å². The van der Waals surface area contributed by atoms with Crippen LogP contribution in [-0.2, 0) is 4.74 Å². The number of aromatic carboxylic acids is 1. The van der Waals surface area contributed by atoms with Gasteiger partial charge in [-0.05, 0) is 6.07 Å². The van der Waals surface area contributed by atoms with Gasteiger partial charge in [-0.3, -0.25) is 14.9 Å². The van der Waals surface area contributed by atoms with E-state index in [1.807, 2.05) is 0 Å². The molecule has 0 unspecified atom stereocenters. The number of benzene rings is 1. The lowest BCUT2D eigenvalue weighted by Crippen LogP contribution is -2.54. The van der Waals surface area contributed by atoms with Crippen LogP contribution < -0.4 is 0 Å². The molecule has 1 heterocycles. The Morgan fingerprint density at radius 1 is 1.35 bits per heavy atom. The zero-order valence-electron chi connectivity index (χ0n) is 10.6. The average molecular weight is 280 g/mol. The number of ether oxygens (including phenoxy) is 1. The summed E-state index contributed by atoms with van der Waals surface area (Å²) in [5.41, 5.74) is -0.713. The maximum absolute atomic E-state index is 12.1. The fraction of sp³-hybridized carbons (Fsp3) is 0.333. The lowest BCUT2D eigenvalue weighted by molar-refractivity contribution is -0.384. The third-order valence-corrected chi connectivity index (χ3v) is 3.09. The van der Waals surface area contributed by atoms with Crippen LogP contribution in [0.1, 0.15) is 20.7 Å². The van der Waals surface area contributed by atoms with Crippen LogP contribution in [0.2, 0.25) is 0 Å². The molecule has 8 nitrogen and oxygen atoms in total. The molecule has 0 atom stereocenters. The molecule has 0 aliphatic carbocycles. The van der Waals surface area contributed by atoms with Gasteiger partial charge in [-0.1, -0.05) is 0 Å². The Balaban J connectivity index is 2.29. The van der Waals surface area contributed by atoms with Crippen molar-refractivity contribution in [1.29, 1.82) is 0 Å². The summed E-state index contributed by atoms with van der Waals surface area (Å²) in [4.78, 5) is 34.5. The molecule has 1 N–H and O–H groups in total. The number of hydrogen-bond acceptors (Lipinski definition) is 5. The van der Waals surface area contributed by atoms with E-state index in [2.05, 4.69) is 0 Å². The lowest BCUT2D eigenvalue weighted by atomic mass is 10.1. The molecule has 1 fully saturated rings. The highest BCUT2D eigenvalue weighted by atomic mass is 16.6. The molecule has 0 saturated carbocycles. The van der Waals surface area contributed by atoms with Gasteiger partial charge in [0.05, 0.1) is 16.6 Å². The monoisotopic (exact) mass is 280 g/mol. The van der Waals surface area contributed by atoms with Gasteiger partial charge in [0, 0.05) is 37.9 Å². The molecule has 2 rings (SSSR count). The first-order chi connectivity index (χ1) is 9.42. The van der Waals surface area contributed by atoms with E-state index in [1.54, 1.807) is 0 Å². The van der Waals surface area contributed by atoms with Gasteiger partial charge in [-0.15, -0.1) is 0 Å². The van der Waals surface area contributed by atoms with Crippen molar-refractivity contribution in [3.63, 3.8) is 0 Å². The molecule has 1 saturated heterocycles. The second kappa shape index (κ2) is 5.25. The first-order valence-corrected chi connectivity index (χ1v) is 5.77. The molecule has 106 valence electrons. The fourth-order valence-electron chi connectivity index (χ4n) is 1.90. The minimum atomic E-state index is -1.32. The van der Waals surface area contributed by atoms with Crippen molar-refractivity contribution in [2.24, 2.45) is 0 Å². The number of nitrogens with zero attached hydrogens (tertiary/aromatic N) is 2. The molecule has 0 radical (unpaired) electrons. The molecule has 0 aromatic heterocycles. The molecule has 0 spiro atoms. The van der Waals surface area contributed by atoms with E-state index < -0.39 is 22.5 Å². The van der Waals surface area contributed by atoms with Crippen molar-refractivity contribution >= 4 is 17.6 Å². The Hall–Kier alpha value is -2.48. The normalized spacial score (nSPS) is 14.8. The van der Waals surface area contributed by atoms with E-state index >= 15 is 0 Å². The third-order valence-electron chi connectivity index (χ3n) is 3.09. The number of carbonyl (C=O) groups excluding carboxylic acids is 1. The Morgan fingerprint density at radius 2 is 1.95 bits per heavy atom. The Kier molecular flexibility index (Phi) is 3.66. The number of hydrogen-bond donors (Lipinski definition) is 1. The smallest absolute Gasteiger partial charge is 0.335 e. The topological polar surface area (TPSA) is 110 Å². The van der Waals surface area contributed by atoms with E-state index in [4.69, 9.17) is 9.84 Å². The summed E-state index contributed by atoms with van der Waals surface area (Å²) in [7, 11) is 1.53. The van der Waals surface area contributed by atoms with Crippen LogP contribution in [0.3, 0.4) is 0 Å². The average Bonchev–Trinajstić information content (AvgIpc) is 2.36. The lowest BCUT2D eigenvalue weighted by Gasteiger charge is -2.38. The van der Waals surface area contributed by atoms with Gasteiger partial charge in [0.2, 0.25) is 0 Å². The number of nitro benzene ring substituents is 1. The number of carboxylic acid groups (broad SMARTS) is 1. The highest BCUT2D eigenvalue weighted by molar-refractivity contribution is 5.98. The minimum Gasteiger partial charge on any atom is -0.478 e. The quantitative estimate of drug-likeness (QED) is 0.644. The van der Waals surface area contributed by atoms with Gasteiger partial charge < -0.3 is 14.7 Å². The first-order valence-electron chi connectivity index (χ1n) is 5.77. The summed E-state index contributed by atoms with van der Waals surface area (Å²) in [6, 6.07) is 3.14. The number of amides is 1. The van der Waals surface area contributed by atoms with Crippen molar-refractivity contribution in [2.75, 3.05) is 20.2 Å². The van der Waals surface area contributed by atoms with E-state index in [0.717, 1.165) is 18.2 Å². The standard InChI is InChI=1S/C12H12N2O6/c1-20-10-5-13(6-10)11(15)7-2-8(12(16)17)4-9(3-7)14(18)19/h2-4,10H,5-6H2,1H3,(H,16,17). The molecule has 1 aliphatic rings. The highest BCUT2D eigenvalue weighted by Crippen LogP contribution is 2.21. The predicted octanol–water partition coefficient (Wildman–Crippen LogP) is 0.764. The summed E-state index contributed by atoms with van der Waals surface area (Å²) in [5, 5.41) is 19.7. The largest absolute Gasteiger partial charge is 0.478 e. The van der Waals surface area contributed by atoms with Crippen LogP contribution in [0.4, 0.5) is 5.69 Å². The molecular weight excluding hydrogens is 268 g/mol. The van der Waals surface area contributed by atoms with Crippen molar-refractivity contribution in [3.05, 3.63) is 39.4 Å². The summed E-state index contributed by atoms with van der Waals surface area (Å²) >= 11 is 0. The zero-order valence-corrected chi connectivity index (χ0v) is 10.6. The highest BCUT2D eigenvalue weighted by Gasteiger charge is 2.32. The van der Waals surface area contributed by atoms with Gasteiger partial charge in [0.25, 0.3) is 11.6 Å². The van der Waals surface area contributed by atoms with Gasteiger partial charge in [-0.2, -0.15) is 0 Å². The van der Waals surface area contributed by atoms with Crippen molar-refractivity contribution in [2.45, 2.75) is 6.10 Å². The van der Waals surface area contributed by atoms with Gasteiger partial charge in [-0.25, -0.2) is 4.79 Å².